The summed E-state index contributed by atoms with van der Waals surface area (Å²) in [6, 6.07) is 4.39. The molecule has 0 N–H and O–H groups in total. The average Bonchev–Trinajstić information content (AvgIpc) is 2.90. The van der Waals surface area contributed by atoms with Crippen LogP contribution in [0.15, 0.2) is 24.5 Å². The first kappa shape index (κ1) is 13.3. The van der Waals surface area contributed by atoms with Crippen LogP contribution in [0.2, 0.25) is 0 Å². The van der Waals surface area contributed by atoms with E-state index in [1.165, 1.54) is 37.7 Å². The minimum Gasteiger partial charge on any atom is -0.333 e. The molecule has 1 aromatic heterocycles. The van der Waals surface area contributed by atoms with Crippen LogP contribution in [-0.4, -0.2) is 46.9 Å². The maximum Gasteiger partial charge on any atom is 0.237 e. The van der Waals surface area contributed by atoms with Gasteiger partial charge < -0.3 is 4.90 Å². The van der Waals surface area contributed by atoms with Gasteiger partial charge in [0, 0.05) is 24.4 Å². The number of nitrogens with zero attached hydrogens (tertiary/aromatic N) is 3. The third-order valence-electron chi connectivity index (χ3n) is 5.60. The van der Waals surface area contributed by atoms with Crippen LogP contribution in [0, 0.1) is 5.41 Å². The Morgan fingerprint density at radius 2 is 2.10 bits per heavy atom. The molecular weight excluding hydrogens is 262 g/mol. The van der Waals surface area contributed by atoms with Crippen molar-refractivity contribution < 1.29 is 4.79 Å². The minimum atomic E-state index is 0.273. The zero-order valence-electron chi connectivity index (χ0n) is 12.5. The van der Waals surface area contributed by atoms with Crippen molar-refractivity contribution in [1.82, 2.24) is 14.8 Å². The molecule has 4 nitrogen and oxygen atoms in total. The van der Waals surface area contributed by atoms with Gasteiger partial charge in [0.25, 0.3) is 0 Å². The second-order valence-electron chi connectivity index (χ2n) is 6.91. The van der Waals surface area contributed by atoms with Gasteiger partial charge in [-0.2, -0.15) is 0 Å². The van der Waals surface area contributed by atoms with Gasteiger partial charge in [-0.1, -0.05) is 12.5 Å². The maximum atomic E-state index is 12.7. The van der Waals surface area contributed by atoms with Crippen molar-refractivity contribution in [2.24, 2.45) is 5.41 Å². The molecule has 3 fully saturated rings. The highest BCUT2D eigenvalue weighted by Crippen LogP contribution is 2.60. The quantitative estimate of drug-likeness (QED) is 0.854. The van der Waals surface area contributed by atoms with E-state index in [0.29, 0.717) is 17.9 Å². The van der Waals surface area contributed by atoms with E-state index < -0.39 is 0 Å². The van der Waals surface area contributed by atoms with Gasteiger partial charge in [-0.15, -0.1) is 0 Å². The van der Waals surface area contributed by atoms with Crippen LogP contribution < -0.4 is 0 Å². The predicted octanol–water partition coefficient (Wildman–Crippen LogP) is 2.23. The predicted molar refractivity (Wildman–Crippen MR) is 80.6 cm³/mol. The summed E-state index contributed by atoms with van der Waals surface area (Å²) in [4.78, 5) is 21.3. The summed E-state index contributed by atoms with van der Waals surface area (Å²) in [5, 5.41) is 0. The lowest BCUT2D eigenvalue weighted by molar-refractivity contribution is -0.169. The Morgan fingerprint density at radius 1 is 1.29 bits per heavy atom. The van der Waals surface area contributed by atoms with E-state index in [-0.39, 0.29) is 6.04 Å². The summed E-state index contributed by atoms with van der Waals surface area (Å²) in [5.41, 5.74) is 1.59. The van der Waals surface area contributed by atoms with Gasteiger partial charge in [0.15, 0.2) is 0 Å². The van der Waals surface area contributed by atoms with Gasteiger partial charge in [-0.25, -0.2) is 0 Å². The molecule has 3 heterocycles. The first-order valence-electron chi connectivity index (χ1n) is 8.20. The number of aromatic nitrogens is 1. The highest BCUT2D eigenvalue weighted by Gasteiger charge is 2.57. The number of amides is 1. The standard InChI is InChI=1S/C17H23N3O/c21-15(12-19-9-1-2-10-19)20-13-17(6-4-7-17)16(20)14-5-3-8-18-11-14/h3,5,8,11,16H,1-2,4,6-7,9-10,12-13H2. The Balaban J connectivity index is 1.51. The molecule has 0 radical (unpaired) electrons. The van der Waals surface area contributed by atoms with E-state index in [1.54, 1.807) is 0 Å². The Kier molecular flexibility index (Phi) is 3.21. The highest BCUT2D eigenvalue weighted by atomic mass is 16.2. The first-order valence-corrected chi connectivity index (χ1v) is 8.20. The van der Waals surface area contributed by atoms with E-state index in [4.69, 9.17) is 0 Å². The first-order chi connectivity index (χ1) is 10.3. The molecule has 0 bridgehead atoms. The molecule has 0 aromatic carbocycles. The molecule has 1 saturated carbocycles. The van der Waals surface area contributed by atoms with Crippen molar-refractivity contribution in [3.8, 4) is 0 Å². The lowest BCUT2D eigenvalue weighted by atomic mass is 9.56. The van der Waals surface area contributed by atoms with Crippen molar-refractivity contribution in [2.45, 2.75) is 38.1 Å². The van der Waals surface area contributed by atoms with E-state index in [9.17, 15) is 4.79 Å². The van der Waals surface area contributed by atoms with Gasteiger partial charge in [-0.05, 0) is 50.4 Å². The van der Waals surface area contributed by atoms with Crippen molar-refractivity contribution >= 4 is 5.91 Å². The summed E-state index contributed by atoms with van der Waals surface area (Å²) in [6.07, 6.45) is 10.1. The third-order valence-corrected chi connectivity index (χ3v) is 5.60. The number of likely N-dealkylation sites (tertiary alicyclic amines) is 2. The monoisotopic (exact) mass is 285 g/mol. The average molecular weight is 285 g/mol. The maximum absolute atomic E-state index is 12.7. The van der Waals surface area contributed by atoms with Gasteiger partial charge in [-0.3, -0.25) is 14.7 Å². The van der Waals surface area contributed by atoms with Gasteiger partial charge >= 0.3 is 0 Å². The fourth-order valence-electron chi connectivity index (χ4n) is 4.32. The van der Waals surface area contributed by atoms with Crippen LogP contribution in [0.25, 0.3) is 0 Å². The second-order valence-corrected chi connectivity index (χ2v) is 6.91. The van der Waals surface area contributed by atoms with Crippen LogP contribution in [0.5, 0.6) is 0 Å². The zero-order chi connectivity index (χ0) is 14.3. The molecule has 1 atom stereocenters. The number of rotatable bonds is 3. The lowest BCUT2D eigenvalue weighted by Crippen LogP contribution is -2.64. The molecule has 2 aliphatic heterocycles. The molecule has 1 spiro atoms. The van der Waals surface area contributed by atoms with Crippen molar-refractivity contribution in [3.63, 3.8) is 0 Å². The van der Waals surface area contributed by atoms with Crippen LogP contribution in [0.4, 0.5) is 0 Å². The Labute approximate surface area is 126 Å². The molecule has 3 aliphatic rings. The molecule has 1 aliphatic carbocycles. The summed E-state index contributed by atoms with van der Waals surface area (Å²) in [6.45, 7) is 3.73. The molecule has 2 saturated heterocycles. The van der Waals surface area contributed by atoms with Crippen molar-refractivity contribution in [3.05, 3.63) is 30.1 Å². The SMILES string of the molecule is O=C(CN1CCCC1)N1CC2(CCC2)C1c1cccnc1. The van der Waals surface area contributed by atoms with Gasteiger partial charge in [0.05, 0.1) is 12.6 Å². The fraction of sp³-hybridized carbons (Fsp3) is 0.647. The topological polar surface area (TPSA) is 36.4 Å². The largest absolute Gasteiger partial charge is 0.333 e. The Hall–Kier alpha value is -1.42. The molecule has 112 valence electrons. The number of hydrogen-bond donors (Lipinski definition) is 0. The van der Waals surface area contributed by atoms with Crippen LogP contribution in [-0.2, 0) is 4.79 Å². The van der Waals surface area contributed by atoms with Crippen LogP contribution in [0.3, 0.4) is 0 Å². The van der Waals surface area contributed by atoms with E-state index in [2.05, 4.69) is 20.9 Å². The van der Waals surface area contributed by atoms with E-state index in [1.807, 2.05) is 18.5 Å². The van der Waals surface area contributed by atoms with Crippen LogP contribution in [0.1, 0.15) is 43.7 Å². The number of pyridine rings is 1. The molecule has 1 aromatic rings. The number of carbonyl (C=O) groups is 1. The molecule has 21 heavy (non-hydrogen) atoms. The molecule has 1 unspecified atom stereocenters. The molecule has 1 amide bonds. The molecule has 4 rings (SSSR count). The number of hydrogen-bond acceptors (Lipinski definition) is 3. The Morgan fingerprint density at radius 3 is 2.71 bits per heavy atom. The van der Waals surface area contributed by atoms with E-state index in [0.717, 1.165) is 19.6 Å². The van der Waals surface area contributed by atoms with Crippen LogP contribution >= 0.6 is 0 Å². The summed E-state index contributed by atoms with van der Waals surface area (Å²) in [5.74, 6) is 0.309. The third kappa shape index (κ3) is 2.16. The molecular formula is C17H23N3O. The highest BCUT2D eigenvalue weighted by molar-refractivity contribution is 5.80. The van der Waals surface area contributed by atoms with Gasteiger partial charge in [0.2, 0.25) is 5.91 Å². The zero-order valence-corrected chi connectivity index (χ0v) is 12.5. The number of carbonyl (C=O) groups excluding carboxylic acids is 1. The van der Waals surface area contributed by atoms with Crippen molar-refractivity contribution in [1.29, 1.82) is 0 Å². The Bertz CT molecular complexity index is 520. The lowest BCUT2D eigenvalue weighted by Gasteiger charge is -2.62. The molecule has 4 heteroatoms. The second kappa shape index (κ2) is 5.09. The fourth-order valence-corrected chi connectivity index (χ4v) is 4.32. The van der Waals surface area contributed by atoms with E-state index >= 15 is 0 Å². The summed E-state index contributed by atoms with van der Waals surface area (Å²) < 4.78 is 0. The van der Waals surface area contributed by atoms with Crippen molar-refractivity contribution in [2.75, 3.05) is 26.2 Å². The van der Waals surface area contributed by atoms with Gasteiger partial charge in [0.1, 0.15) is 0 Å². The minimum absolute atomic E-state index is 0.273. The normalized spacial score (nSPS) is 27.4. The smallest absolute Gasteiger partial charge is 0.237 e. The summed E-state index contributed by atoms with van der Waals surface area (Å²) in [7, 11) is 0. The summed E-state index contributed by atoms with van der Waals surface area (Å²) >= 11 is 0.